The van der Waals surface area contributed by atoms with Gasteiger partial charge in [0.2, 0.25) is 11.8 Å². The number of nitrogens with zero attached hydrogens (tertiary/aromatic N) is 2. The standard InChI is InChI=1S/C29H34N4O4S/c1-18(2)14-23-17-37-26-16-25(27-19(3)6-4-7-21(27)13-12-20-10-11-20)31-29(32-26)33-38(35,36)24-9-5-8-22(15-24)28(34)30-23/h4-9,15-16,18,20,23H,10-14,17H2,1-3H3,(H,30,34)(H,31,32,33)/t23-/m1/s1. The van der Waals surface area contributed by atoms with Crippen molar-refractivity contribution in [2.45, 2.75) is 63.8 Å². The van der Waals surface area contributed by atoms with Crippen LogP contribution in [-0.2, 0) is 16.4 Å². The van der Waals surface area contributed by atoms with Crippen LogP contribution in [0.2, 0.25) is 0 Å². The molecule has 1 aliphatic carbocycles. The van der Waals surface area contributed by atoms with Crippen LogP contribution in [0.15, 0.2) is 53.4 Å². The molecule has 1 fully saturated rings. The lowest BCUT2D eigenvalue weighted by molar-refractivity contribution is 0.0913. The quantitative estimate of drug-likeness (QED) is 0.454. The highest BCUT2D eigenvalue weighted by Gasteiger charge is 2.25. The predicted octanol–water partition coefficient (Wildman–Crippen LogP) is 5.13. The molecule has 0 saturated heterocycles. The molecule has 0 unspecified atom stereocenters. The summed E-state index contributed by atoms with van der Waals surface area (Å²) in [5.41, 5.74) is 4.05. The van der Waals surface area contributed by atoms with Crippen molar-refractivity contribution < 1.29 is 17.9 Å². The lowest BCUT2D eigenvalue weighted by Crippen LogP contribution is -2.40. The smallest absolute Gasteiger partial charge is 0.264 e. The van der Waals surface area contributed by atoms with E-state index in [9.17, 15) is 13.2 Å². The second-order valence-electron chi connectivity index (χ2n) is 10.8. The number of benzene rings is 2. The highest BCUT2D eigenvalue weighted by atomic mass is 32.2. The average molecular weight is 535 g/mol. The van der Waals surface area contributed by atoms with Gasteiger partial charge >= 0.3 is 0 Å². The van der Waals surface area contributed by atoms with Crippen LogP contribution in [0.3, 0.4) is 0 Å². The van der Waals surface area contributed by atoms with Crippen LogP contribution in [-0.4, -0.2) is 36.9 Å². The van der Waals surface area contributed by atoms with Gasteiger partial charge in [-0.1, -0.05) is 51.0 Å². The number of aromatic nitrogens is 2. The van der Waals surface area contributed by atoms with E-state index in [1.807, 2.05) is 19.1 Å². The topological polar surface area (TPSA) is 110 Å². The number of sulfonamides is 1. The van der Waals surface area contributed by atoms with Crippen LogP contribution in [0.1, 0.15) is 61.0 Å². The highest BCUT2D eigenvalue weighted by molar-refractivity contribution is 7.92. The molecule has 200 valence electrons. The fraction of sp³-hybridized carbons (Fsp3) is 0.414. The van der Waals surface area contributed by atoms with Crippen LogP contribution in [0.5, 0.6) is 5.88 Å². The number of nitrogens with one attached hydrogen (secondary N) is 2. The van der Waals surface area contributed by atoms with Gasteiger partial charge in [0.25, 0.3) is 15.9 Å². The predicted molar refractivity (Wildman–Crippen MR) is 147 cm³/mol. The minimum absolute atomic E-state index is 0.0395. The lowest BCUT2D eigenvalue weighted by atomic mass is 9.95. The first-order valence-corrected chi connectivity index (χ1v) is 14.7. The van der Waals surface area contributed by atoms with Crippen molar-refractivity contribution in [3.63, 3.8) is 0 Å². The molecule has 1 atom stereocenters. The summed E-state index contributed by atoms with van der Waals surface area (Å²) in [6, 6.07) is 13.6. The number of carbonyl (C=O) groups is 1. The van der Waals surface area contributed by atoms with Crippen molar-refractivity contribution in [2.75, 3.05) is 11.3 Å². The Hall–Kier alpha value is -3.46. The minimum atomic E-state index is -4.06. The Bertz CT molecular complexity index is 1450. The van der Waals surface area contributed by atoms with E-state index in [-0.39, 0.29) is 40.8 Å². The zero-order chi connectivity index (χ0) is 26.9. The molecule has 1 aromatic heterocycles. The highest BCUT2D eigenvalue weighted by Crippen LogP contribution is 2.36. The summed E-state index contributed by atoms with van der Waals surface area (Å²) in [5, 5.41) is 3.01. The molecular weight excluding hydrogens is 500 g/mol. The van der Waals surface area contributed by atoms with Gasteiger partial charge in [0.1, 0.15) is 6.61 Å². The van der Waals surface area contributed by atoms with Crippen molar-refractivity contribution in [3.05, 3.63) is 65.2 Å². The Morgan fingerprint density at radius 1 is 1.08 bits per heavy atom. The lowest BCUT2D eigenvalue weighted by Gasteiger charge is -2.21. The molecule has 2 heterocycles. The normalized spacial score (nSPS) is 18.8. The molecule has 0 spiro atoms. The summed E-state index contributed by atoms with van der Waals surface area (Å²) in [4.78, 5) is 22.0. The van der Waals surface area contributed by atoms with E-state index < -0.39 is 10.0 Å². The third kappa shape index (κ3) is 6.15. The Balaban J connectivity index is 1.59. The summed E-state index contributed by atoms with van der Waals surface area (Å²) in [6.45, 7) is 6.37. The maximum absolute atomic E-state index is 13.3. The van der Waals surface area contributed by atoms with Gasteiger partial charge in [-0.3, -0.25) is 4.79 Å². The SMILES string of the molecule is Cc1cccc(CCC2CC2)c1-c1cc2nc(n1)NS(=O)(=O)c1cccc(c1)C(=O)N[C@H](CC(C)C)CO2. The average Bonchev–Trinajstić information content (AvgIpc) is 3.69. The molecule has 0 radical (unpaired) electrons. The molecule has 1 aliphatic heterocycles. The molecule has 1 saturated carbocycles. The number of carbonyl (C=O) groups excluding carboxylic acids is 1. The molecule has 38 heavy (non-hydrogen) atoms. The van der Waals surface area contributed by atoms with Crippen molar-refractivity contribution in [1.29, 1.82) is 0 Å². The van der Waals surface area contributed by atoms with E-state index in [4.69, 9.17) is 4.74 Å². The summed E-state index contributed by atoms with van der Waals surface area (Å²) in [6.07, 6.45) is 5.31. The zero-order valence-electron chi connectivity index (χ0n) is 22.0. The van der Waals surface area contributed by atoms with Crippen LogP contribution in [0, 0.1) is 18.8 Å². The van der Waals surface area contributed by atoms with Gasteiger partial charge in [0.05, 0.1) is 16.6 Å². The second-order valence-corrected chi connectivity index (χ2v) is 12.4. The number of hydrogen-bond donors (Lipinski definition) is 2. The van der Waals surface area contributed by atoms with Gasteiger partial charge in [-0.2, -0.15) is 4.98 Å². The third-order valence-corrected chi connectivity index (χ3v) is 8.32. The maximum Gasteiger partial charge on any atom is 0.264 e. The largest absolute Gasteiger partial charge is 0.475 e. The van der Waals surface area contributed by atoms with E-state index in [2.05, 4.69) is 39.9 Å². The molecule has 5 rings (SSSR count). The molecule has 8 nitrogen and oxygen atoms in total. The number of amides is 1. The van der Waals surface area contributed by atoms with Crippen LogP contribution in [0.4, 0.5) is 5.95 Å². The number of anilines is 1. The number of hydrogen-bond acceptors (Lipinski definition) is 6. The van der Waals surface area contributed by atoms with Gasteiger partial charge in [0.15, 0.2) is 0 Å². The molecule has 4 bridgehead atoms. The van der Waals surface area contributed by atoms with E-state index in [0.29, 0.717) is 18.0 Å². The van der Waals surface area contributed by atoms with Crippen molar-refractivity contribution in [1.82, 2.24) is 15.3 Å². The molecule has 3 aromatic rings. The Morgan fingerprint density at radius 3 is 2.63 bits per heavy atom. The van der Waals surface area contributed by atoms with E-state index >= 15 is 0 Å². The number of fused-ring (bicyclic) bond motifs is 4. The molecule has 9 heteroatoms. The van der Waals surface area contributed by atoms with Crippen molar-refractivity contribution >= 4 is 21.9 Å². The van der Waals surface area contributed by atoms with E-state index in [0.717, 1.165) is 29.9 Å². The third-order valence-electron chi connectivity index (χ3n) is 6.99. The van der Waals surface area contributed by atoms with Crippen molar-refractivity contribution in [2.24, 2.45) is 11.8 Å². The summed E-state index contributed by atoms with van der Waals surface area (Å²) >= 11 is 0. The molecule has 2 aromatic carbocycles. The first-order valence-electron chi connectivity index (χ1n) is 13.2. The second kappa shape index (κ2) is 10.7. The van der Waals surface area contributed by atoms with Gasteiger partial charge in [-0.15, -0.1) is 0 Å². The summed E-state index contributed by atoms with van der Waals surface area (Å²) in [5.74, 6) is 0.921. The monoisotopic (exact) mass is 534 g/mol. The Morgan fingerprint density at radius 2 is 1.87 bits per heavy atom. The Labute approximate surface area is 224 Å². The zero-order valence-corrected chi connectivity index (χ0v) is 22.8. The first-order chi connectivity index (χ1) is 18.2. The van der Waals surface area contributed by atoms with Gasteiger partial charge in [-0.05, 0) is 67.3 Å². The summed E-state index contributed by atoms with van der Waals surface area (Å²) in [7, 11) is -4.06. The van der Waals surface area contributed by atoms with E-state index in [1.54, 1.807) is 18.2 Å². The fourth-order valence-electron chi connectivity index (χ4n) is 4.92. The van der Waals surface area contributed by atoms with Crippen LogP contribution >= 0.6 is 0 Å². The maximum atomic E-state index is 13.3. The number of aryl methyl sites for hydroxylation is 2. The van der Waals surface area contributed by atoms with Gasteiger partial charge in [0, 0.05) is 17.2 Å². The molecule has 2 aliphatic rings. The number of ether oxygens (including phenoxy) is 1. The summed E-state index contributed by atoms with van der Waals surface area (Å²) < 4.78 is 35.2. The molecule has 2 N–H and O–H groups in total. The van der Waals surface area contributed by atoms with Gasteiger partial charge in [-0.25, -0.2) is 18.1 Å². The van der Waals surface area contributed by atoms with Crippen LogP contribution < -0.4 is 14.8 Å². The number of rotatable bonds is 6. The Kier molecular flexibility index (Phi) is 7.38. The first kappa shape index (κ1) is 26.2. The fourth-order valence-corrected chi connectivity index (χ4v) is 5.91. The molecular formula is C29H34N4O4S. The van der Waals surface area contributed by atoms with E-state index in [1.165, 1.54) is 30.5 Å². The van der Waals surface area contributed by atoms with Crippen molar-refractivity contribution in [3.8, 4) is 17.1 Å². The molecule has 1 amide bonds. The van der Waals surface area contributed by atoms with Gasteiger partial charge < -0.3 is 10.1 Å². The van der Waals surface area contributed by atoms with Crippen LogP contribution in [0.25, 0.3) is 11.3 Å². The minimum Gasteiger partial charge on any atom is -0.475 e.